The first-order valence-corrected chi connectivity index (χ1v) is 13.8. The molecule has 5 nitrogen and oxygen atoms in total. The number of ether oxygens (including phenoxy) is 1. The second kappa shape index (κ2) is 8.35. The van der Waals surface area contributed by atoms with E-state index in [0.717, 1.165) is 44.2 Å². The number of aliphatic hydroxyl groups is 1. The number of esters is 1. The van der Waals surface area contributed by atoms with Gasteiger partial charge in [0.05, 0.1) is 5.71 Å². The molecule has 0 amide bonds. The molecule has 0 radical (unpaired) electrons. The molecule has 1 N–H and O–H groups in total. The van der Waals surface area contributed by atoms with E-state index in [9.17, 15) is 9.90 Å². The van der Waals surface area contributed by atoms with Gasteiger partial charge in [-0.05, 0) is 92.3 Å². The van der Waals surface area contributed by atoms with Crippen LogP contribution in [0.3, 0.4) is 0 Å². The molecule has 0 bridgehead atoms. The minimum atomic E-state index is -0.863. The van der Waals surface area contributed by atoms with E-state index < -0.39 is 5.60 Å². The summed E-state index contributed by atoms with van der Waals surface area (Å²) in [5.41, 5.74) is 2.13. The number of carbonyl (C=O) groups is 1. The molecule has 3 saturated carbocycles. The highest BCUT2D eigenvalue weighted by molar-refractivity contribution is 5.87. The number of allylic oxidation sites excluding steroid dienone is 1. The number of fused-ring (bicyclic) bond motifs is 5. The van der Waals surface area contributed by atoms with E-state index >= 15 is 0 Å². The SMILES string of the molecule is CC(=O)O[C@H]1CC[C@@]2(C)C(=CC[C@@H]3[C@H]4CC[C@H]([C@@](C)(O)[C@H]5CC(C(C)C)=NO5)[C@@]4(C)CC[C@H]32)C1. The summed E-state index contributed by atoms with van der Waals surface area (Å²) in [6.07, 6.45) is 11.9. The van der Waals surface area contributed by atoms with Crippen LogP contribution in [0.4, 0.5) is 0 Å². The Labute approximate surface area is 205 Å². The third-order valence-electron chi connectivity index (χ3n) is 11.1. The second-order valence-corrected chi connectivity index (χ2v) is 13.2. The highest BCUT2D eigenvalue weighted by atomic mass is 16.7. The van der Waals surface area contributed by atoms with Crippen molar-refractivity contribution in [2.75, 3.05) is 0 Å². The lowest BCUT2D eigenvalue weighted by Crippen LogP contribution is -2.55. The Balaban J connectivity index is 1.35. The van der Waals surface area contributed by atoms with Crippen molar-refractivity contribution in [2.45, 2.75) is 117 Å². The number of carbonyl (C=O) groups excluding carboxylic acids is 1. The maximum atomic E-state index is 11.9. The van der Waals surface area contributed by atoms with Gasteiger partial charge in [0.15, 0.2) is 6.10 Å². The van der Waals surface area contributed by atoms with Gasteiger partial charge in [0, 0.05) is 19.8 Å². The van der Waals surface area contributed by atoms with Gasteiger partial charge in [0.1, 0.15) is 11.7 Å². The molecule has 0 spiro atoms. The summed E-state index contributed by atoms with van der Waals surface area (Å²) in [7, 11) is 0. The minimum Gasteiger partial charge on any atom is -0.462 e. The first kappa shape index (κ1) is 24.3. The molecule has 5 rings (SSSR count). The molecule has 9 atom stereocenters. The van der Waals surface area contributed by atoms with Gasteiger partial charge < -0.3 is 14.7 Å². The molecule has 3 fully saturated rings. The van der Waals surface area contributed by atoms with Crippen molar-refractivity contribution in [1.82, 2.24) is 0 Å². The lowest BCUT2D eigenvalue weighted by molar-refractivity contribution is -0.159. The lowest BCUT2D eigenvalue weighted by Gasteiger charge is -2.59. The normalized spacial score (nSPS) is 45.3. The van der Waals surface area contributed by atoms with Crippen LogP contribution < -0.4 is 0 Å². The summed E-state index contributed by atoms with van der Waals surface area (Å²) in [5, 5.41) is 16.2. The zero-order valence-electron chi connectivity index (χ0n) is 22.1. The van der Waals surface area contributed by atoms with Crippen molar-refractivity contribution < 1.29 is 19.5 Å². The van der Waals surface area contributed by atoms with E-state index in [-0.39, 0.29) is 34.9 Å². The first-order valence-electron chi connectivity index (χ1n) is 13.8. The van der Waals surface area contributed by atoms with Crippen LogP contribution in [0, 0.1) is 40.4 Å². The quantitative estimate of drug-likeness (QED) is 0.400. The summed E-state index contributed by atoms with van der Waals surface area (Å²) in [6, 6.07) is 0. The van der Waals surface area contributed by atoms with E-state index in [0.29, 0.717) is 23.7 Å². The maximum Gasteiger partial charge on any atom is 0.302 e. The van der Waals surface area contributed by atoms with E-state index in [2.05, 4.69) is 38.9 Å². The zero-order valence-corrected chi connectivity index (χ0v) is 22.1. The van der Waals surface area contributed by atoms with Gasteiger partial charge in [0.2, 0.25) is 0 Å². The zero-order chi connectivity index (χ0) is 24.5. The Morgan fingerprint density at radius 2 is 1.94 bits per heavy atom. The van der Waals surface area contributed by atoms with E-state index in [1.54, 1.807) is 0 Å². The van der Waals surface area contributed by atoms with Gasteiger partial charge in [-0.3, -0.25) is 4.79 Å². The Kier molecular flexibility index (Phi) is 5.98. The molecular weight excluding hydrogens is 426 g/mol. The lowest BCUT2D eigenvalue weighted by atomic mass is 9.46. The topological polar surface area (TPSA) is 68.1 Å². The molecule has 0 aromatic rings. The molecule has 5 aliphatic rings. The Bertz CT molecular complexity index is 891. The Morgan fingerprint density at radius 3 is 2.62 bits per heavy atom. The van der Waals surface area contributed by atoms with Crippen LogP contribution in [-0.2, 0) is 14.4 Å². The second-order valence-electron chi connectivity index (χ2n) is 13.2. The number of rotatable bonds is 4. The van der Waals surface area contributed by atoms with Crippen LogP contribution in [0.15, 0.2) is 16.8 Å². The number of hydrogen-bond donors (Lipinski definition) is 1. The van der Waals surface area contributed by atoms with E-state index in [1.807, 2.05) is 6.92 Å². The van der Waals surface area contributed by atoms with Gasteiger partial charge in [-0.1, -0.05) is 44.5 Å². The standard InChI is InChI=1S/C29H45NO4/c1-17(2)24-16-26(34-30-24)29(6,32)25-10-9-22-21-8-7-19-15-20(33-18(3)31)11-13-27(19,4)23(21)12-14-28(22,25)5/h7,17,20-23,25-26,32H,8-16H2,1-6H3/t20-,21+,22+,23+,25-,26+,27-,28-,29+/m0/s1. The Morgan fingerprint density at radius 1 is 1.18 bits per heavy atom. The molecule has 34 heavy (non-hydrogen) atoms. The molecule has 1 heterocycles. The van der Waals surface area contributed by atoms with Crippen LogP contribution in [0.25, 0.3) is 0 Å². The van der Waals surface area contributed by atoms with Crippen molar-refractivity contribution in [2.24, 2.45) is 45.6 Å². The van der Waals surface area contributed by atoms with Crippen molar-refractivity contribution in [1.29, 1.82) is 0 Å². The van der Waals surface area contributed by atoms with Crippen molar-refractivity contribution in [3.8, 4) is 0 Å². The first-order chi connectivity index (χ1) is 16.0. The van der Waals surface area contributed by atoms with Gasteiger partial charge in [-0.15, -0.1) is 0 Å². The molecule has 0 aromatic carbocycles. The van der Waals surface area contributed by atoms with Crippen LogP contribution in [0.1, 0.15) is 99.3 Å². The smallest absolute Gasteiger partial charge is 0.302 e. The molecule has 190 valence electrons. The molecule has 0 saturated heterocycles. The number of oxime groups is 1. The van der Waals surface area contributed by atoms with Crippen molar-refractivity contribution >= 4 is 11.7 Å². The van der Waals surface area contributed by atoms with Gasteiger partial charge in [-0.2, -0.15) is 0 Å². The van der Waals surface area contributed by atoms with Gasteiger partial charge in [-0.25, -0.2) is 0 Å². The fraction of sp³-hybridized carbons (Fsp3) is 0.862. The van der Waals surface area contributed by atoms with Crippen molar-refractivity contribution in [3.05, 3.63) is 11.6 Å². The van der Waals surface area contributed by atoms with Crippen LogP contribution >= 0.6 is 0 Å². The summed E-state index contributed by atoms with van der Waals surface area (Å²) >= 11 is 0. The number of nitrogens with zero attached hydrogens (tertiary/aromatic N) is 1. The molecule has 0 aromatic heterocycles. The molecule has 4 aliphatic carbocycles. The summed E-state index contributed by atoms with van der Waals surface area (Å²) in [6.45, 7) is 12.8. The highest BCUT2D eigenvalue weighted by Crippen LogP contribution is 2.68. The highest BCUT2D eigenvalue weighted by Gasteiger charge is 2.63. The monoisotopic (exact) mass is 471 g/mol. The van der Waals surface area contributed by atoms with Gasteiger partial charge >= 0.3 is 5.97 Å². The summed E-state index contributed by atoms with van der Waals surface area (Å²) in [4.78, 5) is 17.4. The summed E-state index contributed by atoms with van der Waals surface area (Å²) in [5.74, 6) is 2.49. The third kappa shape index (κ3) is 3.67. The largest absolute Gasteiger partial charge is 0.462 e. The van der Waals surface area contributed by atoms with E-state index in [4.69, 9.17) is 9.57 Å². The summed E-state index contributed by atoms with van der Waals surface area (Å²) < 4.78 is 5.60. The van der Waals surface area contributed by atoms with E-state index in [1.165, 1.54) is 31.8 Å². The maximum absolute atomic E-state index is 11.9. The van der Waals surface area contributed by atoms with Crippen LogP contribution in [0.5, 0.6) is 0 Å². The fourth-order valence-corrected chi connectivity index (χ4v) is 9.20. The third-order valence-corrected chi connectivity index (χ3v) is 11.1. The number of hydrogen-bond acceptors (Lipinski definition) is 5. The minimum absolute atomic E-state index is 0.0533. The van der Waals surface area contributed by atoms with Crippen LogP contribution in [-0.4, -0.2) is 34.6 Å². The predicted molar refractivity (Wildman–Crippen MR) is 133 cm³/mol. The van der Waals surface area contributed by atoms with Gasteiger partial charge in [0.25, 0.3) is 0 Å². The molecular formula is C29H45NO4. The van der Waals surface area contributed by atoms with Crippen molar-refractivity contribution in [3.63, 3.8) is 0 Å². The Hall–Kier alpha value is -1.36. The fourth-order valence-electron chi connectivity index (χ4n) is 9.20. The average Bonchev–Trinajstić information content (AvgIpc) is 3.39. The molecule has 1 aliphatic heterocycles. The van der Waals surface area contributed by atoms with Crippen LogP contribution in [0.2, 0.25) is 0 Å². The average molecular weight is 472 g/mol. The molecule has 0 unspecified atom stereocenters. The molecule has 5 heteroatoms. The predicted octanol–water partition coefficient (Wildman–Crippen LogP) is 6.05.